The number of fused-ring (bicyclic) bond motifs is 1. The fourth-order valence-electron chi connectivity index (χ4n) is 3.22. The van der Waals surface area contributed by atoms with Gasteiger partial charge in [0.25, 0.3) is 0 Å². The number of hydrogen-bond acceptors (Lipinski definition) is 4. The maximum atomic E-state index is 13.6. The molecule has 0 aliphatic carbocycles. The number of amides is 1. The van der Waals surface area contributed by atoms with Gasteiger partial charge in [0.05, 0.1) is 18.0 Å². The van der Waals surface area contributed by atoms with Gasteiger partial charge in [-0.25, -0.2) is 12.8 Å². The predicted octanol–water partition coefficient (Wildman–Crippen LogP) is 1.32. The summed E-state index contributed by atoms with van der Waals surface area (Å²) in [5.74, 6) is -0.595. The van der Waals surface area contributed by atoms with Crippen molar-refractivity contribution in [1.82, 2.24) is 9.62 Å². The Hall–Kier alpha value is -2.45. The number of para-hydroxylation sites is 1. The summed E-state index contributed by atoms with van der Waals surface area (Å²) in [6.45, 7) is 0.597. The predicted molar refractivity (Wildman–Crippen MR) is 91.7 cm³/mol. The second-order valence-electron chi connectivity index (χ2n) is 6.40. The number of halogens is 1. The molecule has 0 spiro atoms. The van der Waals surface area contributed by atoms with Crippen molar-refractivity contribution in [3.05, 3.63) is 59.9 Å². The van der Waals surface area contributed by atoms with Gasteiger partial charge >= 0.3 is 0 Å². The molecule has 2 aliphatic heterocycles. The minimum Gasteiger partial charge on any atom is -0.484 e. The Kier molecular flexibility index (Phi) is 4.16. The van der Waals surface area contributed by atoms with Gasteiger partial charge in [0.15, 0.2) is 11.6 Å². The number of sulfonamides is 1. The van der Waals surface area contributed by atoms with Crippen LogP contribution in [0.5, 0.6) is 5.75 Å². The lowest BCUT2D eigenvalue weighted by Gasteiger charge is -2.41. The van der Waals surface area contributed by atoms with E-state index in [9.17, 15) is 17.6 Å². The normalized spacial score (nSPS) is 21.6. The van der Waals surface area contributed by atoms with Gasteiger partial charge in [-0.1, -0.05) is 30.3 Å². The van der Waals surface area contributed by atoms with E-state index in [1.54, 1.807) is 30.3 Å². The van der Waals surface area contributed by atoms with Crippen molar-refractivity contribution >= 4 is 15.9 Å². The number of benzene rings is 2. The van der Waals surface area contributed by atoms with Gasteiger partial charge in [0.2, 0.25) is 15.9 Å². The van der Waals surface area contributed by atoms with Crippen LogP contribution in [0.1, 0.15) is 5.56 Å². The Morgan fingerprint density at radius 1 is 1.12 bits per heavy atom. The van der Waals surface area contributed by atoms with Crippen LogP contribution in [0.25, 0.3) is 0 Å². The molecule has 26 heavy (non-hydrogen) atoms. The fraction of sp³-hybridized carbons (Fsp3) is 0.278. The molecule has 2 aromatic rings. The first-order valence-electron chi connectivity index (χ1n) is 8.24. The van der Waals surface area contributed by atoms with Gasteiger partial charge in [-0.05, 0) is 30.2 Å². The molecular weight excluding hydrogens is 359 g/mol. The van der Waals surface area contributed by atoms with E-state index >= 15 is 0 Å². The molecular formula is C18H17FN2O4S. The van der Waals surface area contributed by atoms with Crippen LogP contribution in [-0.4, -0.2) is 44.5 Å². The summed E-state index contributed by atoms with van der Waals surface area (Å²) in [5.41, 5.74) is 0.629. The molecule has 4 rings (SSSR count). The van der Waals surface area contributed by atoms with Crippen molar-refractivity contribution in [2.75, 3.05) is 13.1 Å². The van der Waals surface area contributed by atoms with Crippen LogP contribution < -0.4 is 9.46 Å². The van der Waals surface area contributed by atoms with E-state index in [1.807, 2.05) is 0 Å². The lowest BCUT2D eigenvalue weighted by Crippen LogP contribution is -2.62. The maximum Gasteiger partial charge on any atom is 0.241 e. The molecule has 6 nitrogen and oxygen atoms in total. The van der Waals surface area contributed by atoms with Gasteiger partial charge in [-0.15, -0.1) is 0 Å². The lowest BCUT2D eigenvalue weighted by molar-refractivity contribution is -0.142. The summed E-state index contributed by atoms with van der Waals surface area (Å²) in [7, 11) is -3.70. The van der Waals surface area contributed by atoms with Gasteiger partial charge in [0.1, 0.15) is 12.1 Å². The molecule has 1 atom stereocenters. The topological polar surface area (TPSA) is 75.7 Å². The first-order valence-corrected chi connectivity index (χ1v) is 9.72. The average molecular weight is 376 g/mol. The van der Waals surface area contributed by atoms with Gasteiger partial charge < -0.3 is 9.64 Å². The Morgan fingerprint density at radius 2 is 1.81 bits per heavy atom. The van der Waals surface area contributed by atoms with Crippen LogP contribution in [0.3, 0.4) is 0 Å². The third-order valence-corrected chi connectivity index (χ3v) is 6.14. The molecule has 1 N–H and O–H groups in total. The van der Waals surface area contributed by atoms with Crippen LogP contribution in [0, 0.1) is 5.82 Å². The van der Waals surface area contributed by atoms with Crippen LogP contribution in [0.2, 0.25) is 0 Å². The average Bonchev–Trinajstić information content (AvgIpc) is 2.58. The van der Waals surface area contributed by atoms with Crippen molar-refractivity contribution in [3.63, 3.8) is 0 Å². The summed E-state index contributed by atoms with van der Waals surface area (Å²) < 4.78 is 46.2. The third-order valence-electron chi connectivity index (χ3n) is 4.57. The van der Waals surface area contributed by atoms with Crippen molar-refractivity contribution in [2.24, 2.45) is 0 Å². The van der Waals surface area contributed by atoms with E-state index in [0.29, 0.717) is 25.1 Å². The van der Waals surface area contributed by atoms with Gasteiger partial charge in [-0.2, -0.15) is 4.72 Å². The van der Waals surface area contributed by atoms with Crippen molar-refractivity contribution in [1.29, 1.82) is 0 Å². The Labute approximate surface area is 150 Å². The highest BCUT2D eigenvalue weighted by atomic mass is 32.2. The molecule has 0 aromatic heterocycles. The molecule has 1 fully saturated rings. The molecule has 0 saturated carbocycles. The third kappa shape index (κ3) is 3.06. The number of likely N-dealkylation sites (tertiary alicyclic amines) is 1. The molecule has 2 aliphatic rings. The number of ether oxygens (including phenoxy) is 1. The molecule has 1 unspecified atom stereocenters. The second kappa shape index (κ2) is 6.37. The molecule has 2 aromatic carbocycles. The monoisotopic (exact) mass is 376 g/mol. The van der Waals surface area contributed by atoms with E-state index in [0.717, 1.165) is 0 Å². The van der Waals surface area contributed by atoms with E-state index in [-0.39, 0.29) is 22.7 Å². The summed E-state index contributed by atoms with van der Waals surface area (Å²) in [5, 5.41) is 0. The molecule has 0 bridgehead atoms. The van der Waals surface area contributed by atoms with Crippen LogP contribution in [-0.2, 0) is 21.2 Å². The summed E-state index contributed by atoms with van der Waals surface area (Å²) in [4.78, 5) is 14.3. The van der Waals surface area contributed by atoms with E-state index < -0.39 is 21.9 Å². The van der Waals surface area contributed by atoms with Crippen molar-refractivity contribution in [3.8, 4) is 5.75 Å². The van der Waals surface area contributed by atoms with Crippen molar-refractivity contribution in [2.45, 2.75) is 23.5 Å². The molecule has 136 valence electrons. The van der Waals surface area contributed by atoms with E-state index in [1.165, 1.54) is 23.1 Å². The van der Waals surface area contributed by atoms with Gasteiger partial charge in [-0.3, -0.25) is 4.79 Å². The first kappa shape index (κ1) is 17.0. The first-order chi connectivity index (χ1) is 12.4. The highest BCUT2D eigenvalue weighted by Gasteiger charge is 2.40. The number of rotatable bonds is 3. The largest absolute Gasteiger partial charge is 0.484 e. The van der Waals surface area contributed by atoms with E-state index in [2.05, 4.69) is 4.72 Å². The highest BCUT2D eigenvalue weighted by Crippen LogP contribution is 2.25. The number of nitrogens with zero attached hydrogens (tertiary/aromatic N) is 1. The summed E-state index contributed by atoms with van der Waals surface area (Å²) in [6.07, 6.45) is 0.00663. The molecule has 8 heteroatoms. The maximum absolute atomic E-state index is 13.6. The molecule has 0 radical (unpaired) electrons. The zero-order valence-electron chi connectivity index (χ0n) is 13.8. The Bertz CT molecular complexity index is 957. The number of hydrogen-bond donors (Lipinski definition) is 1. The van der Waals surface area contributed by atoms with Crippen molar-refractivity contribution < 1.29 is 22.3 Å². The number of carbonyl (C=O) groups is 1. The summed E-state index contributed by atoms with van der Waals surface area (Å²) in [6, 6.07) is 11.9. The lowest BCUT2D eigenvalue weighted by atomic mass is 10.0. The standard InChI is InChI=1S/C18H17FN2O4S/c19-14-6-2-3-7-16(14)25-13-10-21(11-13)18(22)15-9-12-5-1-4-8-17(12)26(23,24)20-15/h1-8,13,15,20H,9-11H2. The zero-order valence-corrected chi connectivity index (χ0v) is 14.6. The Morgan fingerprint density at radius 3 is 2.58 bits per heavy atom. The smallest absolute Gasteiger partial charge is 0.241 e. The van der Waals surface area contributed by atoms with Crippen LogP contribution in [0.15, 0.2) is 53.4 Å². The zero-order chi connectivity index (χ0) is 18.3. The fourth-order valence-corrected chi connectivity index (χ4v) is 4.66. The quantitative estimate of drug-likeness (QED) is 0.877. The summed E-state index contributed by atoms with van der Waals surface area (Å²) >= 11 is 0. The molecule has 2 heterocycles. The van der Waals surface area contributed by atoms with E-state index in [4.69, 9.17) is 4.74 Å². The minimum absolute atomic E-state index is 0.150. The molecule has 1 saturated heterocycles. The second-order valence-corrected chi connectivity index (χ2v) is 8.08. The number of nitrogens with one attached hydrogen (secondary N) is 1. The highest BCUT2D eigenvalue weighted by molar-refractivity contribution is 7.89. The van der Waals surface area contributed by atoms with Crippen LogP contribution >= 0.6 is 0 Å². The molecule has 1 amide bonds. The minimum atomic E-state index is -3.70. The number of carbonyl (C=O) groups excluding carboxylic acids is 1. The Balaban J connectivity index is 1.40. The SMILES string of the molecule is O=C(C1Cc2ccccc2S(=O)(=O)N1)N1CC(Oc2ccccc2F)C1. The van der Waals surface area contributed by atoms with Crippen LogP contribution in [0.4, 0.5) is 4.39 Å². The van der Waals surface area contributed by atoms with Gasteiger partial charge in [0, 0.05) is 0 Å².